The molecule has 0 spiro atoms. The number of nitrogens with zero attached hydrogens (tertiary/aromatic N) is 7. The maximum absolute atomic E-state index is 12.9. The molecule has 186 valence electrons. The molecule has 1 aliphatic rings. The van der Waals surface area contributed by atoms with Crippen molar-refractivity contribution in [3.8, 4) is 11.3 Å². The lowest BCUT2D eigenvalue weighted by Crippen LogP contribution is -2.33. The van der Waals surface area contributed by atoms with Gasteiger partial charge in [-0.3, -0.25) is 4.74 Å². The van der Waals surface area contributed by atoms with Gasteiger partial charge in [0.1, 0.15) is 5.82 Å². The minimum Gasteiger partial charge on any atom is -0.350 e. The molecule has 0 aromatic carbocycles. The fraction of sp³-hybridized carbons (Fsp3) is 0.476. The van der Waals surface area contributed by atoms with Crippen LogP contribution in [0, 0.1) is 6.92 Å². The molecular weight excluding hydrogens is 475 g/mol. The highest BCUT2D eigenvalue weighted by Gasteiger charge is 2.35. The fourth-order valence-electron chi connectivity index (χ4n) is 4.37. The smallest absolute Gasteiger partial charge is 0.350 e. The molecule has 5 rings (SSSR count). The van der Waals surface area contributed by atoms with Crippen molar-refractivity contribution >= 4 is 22.8 Å². The van der Waals surface area contributed by atoms with Gasteiger partial charge in [-0.05, 0) is 38.7 Å². The molecule has 35 heavy (non-hydrogen) atoms. The Morgan fingerprint density at radius 2 is 1.89 bits per heavy atom. The first-order valence-electron chi connectivity index (χ1n) is 11.0. The van der Waals surface area contributed by atoms with E-state index in [0.717, 1.165) is 0 Å². The van der Waals surface area contributed by atoms with Crippen molar-refractivity contribution in [1.82, 2.24) is 34.1 Å². The Morgan fingerprint density at radius 3 is 2.60 bits per heavy atom. The number of rotatable bonds is 6. The van der Waals surface area contributed by atoms with Crippen molar-refractivity contribution < 1.29 is 26.7 Å². The van der Waals surface area contributed by atoms with Gasteiger partial charge in [0.05, 0.1) is 36.3 Å². The van der Waals surface area contributed by atoms with Gasteiger partial charge in [0.15, 0.2) is 11.3 Å². The van der Waals surface area contributed by atoms with E-state index in [1.165, 1.54) is 10.8 Å². The molecule has 0 saturated heterocycles. The number of aryl methyl sites for hydroxylation is 1. The topological polar surface area (TPSA) is 95.1 Å². The van der Waals surface area contributed by atoms with Gasteiger partial charge in [-0.1, -0.05) is 0 Å². The number of alkyl halides is 5. The highest BCUT2D eigenvalue weighted by atomic mass is 19.4. The molecule has 4 heterocycles. The van der Waals surface area contributed by atoms with Crippen molar-refractivity contribution in [2.75, 3.05) is 5.32 Å². The molecule has 0 radical (unpaired) electrons. The highest BCUT2D eigenvalue weighted by molar-refractivity contribution is 5.80. The van der Waals surface area contributed by atoms with Crippen molar-refractivity contribution in [2.24, 2.45) is 0 Å². The van der Waals surface area contributed by atoms with Crippen LogP contribution in [0.1, 0.15) is 31.5 Å². The average Bonchev–Trinajstić information content (AvgIpc) is 3.34. The Hall–Kier alpha value is -3.42. The van der Waals surface area contributed by atoms with Crippen LogP contribution in [-0.4, -0.2) is 59.1 Å². The lowest BCUT2D eigenvalue weighted by molar-refractivity contribution is -0.345. The van der Waals surface area contributed by atoms with Crippen molar-refractivity contribution in [2.45, 2.75) is 64.1 Å². The fourth-order valence-corrected chi connectivity index (χ4v) is 4.37. The molecule has 0 unspecified atom stereocenters. The van der Waals surface area contributed by atoms with E-state index in [9.17, 15) is 22.0 Å². The van der Waals surface area contributed by atoms with Gasteiger partial charge < -0.3 is 9.88 Å². The van der Waals surface area contributed by atoms with E-state index in [1.54, 1.807) is 29.9 Å². The number of ether oxygens (including phenoxy) is 1. The number of imidazole rings is 1. The summed E-state index contributed by atoms with van der Waals surface area (Å²) in [5.41, 5.74) is 2.39. The Kier molecular flexibility index (Phi) is 5.99. The van der Waals surface area contributed by atoms with Gasteiger partial charge in [-0.2, -0.15) is 0 Å². The second-order valence-corrected chi connectivity index (χ2v) is 8.39. The number of anilines is 1. The number of hydrogen-bond acceptors (Lipinski definition) is 7. The van der Waals surface area contributed by atoms with Crippen LogP contribution >= 0.6 is 0 Å². The number of hydrogen-bond donors (Lipinski definition) is 1. The zero-order chi connectivity index (χ0) is 24.7. The standard InChI is InChI=1S/C21H21F5N8O/c1-11-29-18-19(33(11)10-17(22)23)27-8-15(31-18)14-6-7-34-16(14)9-28-20(32-34)30-12-2-4-13(5-3-12)35-21(24,25)26/h6-9,12-13,17H,2-5,10H2,1H3,(H,30,32). The Labute approximate surface area is 195 Å². The minimum atomic E-state index is -4.62. The molecule has 1 aliphatic carbocycles. The van der Waals surface area contributed by atoms with Crippen molar-refractivity contribution in [3.05, 3.63) is 30.5 Å². The monoisotopic (exact) mass is 496 g/mol. The summed E-state index contributed by atoms with van der Waals surface area (Å²) >= 11 is 0. The predicted molar refractivity (Wildman–Crippen MR) is 115 cm³/mol. The molecule has 1 saturated carbocycles. The second kappa shape index (κ2) is 8.98. The minimum absolute atomic E-state index is 0.0598. The van der Waals surface area contributed by atoms with Crippen LogP contribution in [0.25, 0.3) is 28.1 Å². The van der Waals surface area contributed by atoms with E-state index >= 15 is 0 Å². The van der Waals surface area contributed by atoms with Gasteiger partial charge in [-0.25, -0.2) is 33.2 Å². The zero-order valence-corrected chi connectivity index (χ0v) is 18.5. The second-order valence-electron chi connectivity index (χ2n) is 8.39. The maximum Gasteiger partial charge on any atom is 0.522 e. The molecule has 0 atom stereocenters. The first kappa shape index (κ1) is 23.3. The van der Waals surface area contributed by atoms with Crippen LogP contribution in [0.3, 0.4) is 0 Å². The summed E-state index contributed by atoms with van der Waals surface area (Å²) < 4.78 is 70.0. The summed E-state index contributed by atoms with van der Waals surface area (Å²) in [7, 11) is 0. The van der Waals surface area contributed by atoms with E-state index in [0.29, 0.717) is 54.2 Å². The molecule has 9 nitrogen and oxygen atoms in total. The summed E-state index contributed by atoms with van der Waals surface area (Å²) in [6.07, 6.45) is -1.56. The Morgan fingerprint density at radius 1 is 1.11 bits per heavy atom. The van der Waals surface area contributed by atoms with Crippen LogP contribution in [0.4, 0.5) is 27.9 Å². The van der Waals surface area contributed by atoms with E-state index in [4.69, 9.17) is 0 Å². The number of nitrogens with one attached hydrogen (secondary N) is 1. The molecule has 0 aliphatic heterocycles. The van der Waals surface area contributed by atoms with Crippen molar-refractivity contribution in [1.29, 1.82) is 0 Å². The number of fused-ring (bicyclic) bond motifs is 2. The first-order chi connectivity index (χ1) is 16.7. The number of halogens is 5. The third-order valence-electron chi connectivity index (χ3n) is 5.97. The zero-order valence-electron chi connectivity index (χ0n) is 18.5. The summed E-state index contributed by atoms with van der Waals surface area (Å²) in [5, 5.41) is 7.61. The predicted octanol–water partition coefficient (Wildman–Crippen LogP) is 4.37. The molecule has 1 N–H and O–H groups in total. The molecule has 0 bridgehead atoms. The van der Waals surface area contributed by atoms with Gasteiger partial charge in [0.25, 0.3) is 6.43 Å². The van der Waals surface area contributed by atoms with Crippen LogP contribution < -0.4 is 5.32 Å². The van der Waals surface area contributed by atoms with Crippen LogP contribution in [-0.2, 0) is 11.3 Å². The van der Waals surface area contributed by atoms with E-state index in [1.807, 2.05) is 0 Å². The molecule has 1 fully saturated rings. The van der Waals surface area contributed by atoms with Crippen LogP contribution in [0.5, 0.6) is 0 Å². The molecule has 4 aromatic heterocycles. The van der Waals surface area contributed by atoms with E-state index < -0.39 is 25.4 Å². The third-order valence-corrected chi connectivity index (χ3v) is 5.97. The van der Waals surface area contributed by atoms with Gasteiger partial charge in [0, 0.05) is 17.8 Å². The molecule has 14 heteroatoms. The van der Waals surface area contributed by atoms with Gasteiger partial charge >= 0.3 is 6.36 Å². The largest absolute Gasteiger partial charge is 0.522 e. The summed E-state index contributed by atoms with van der Waals surface area (Å²) in [6, 6.07) is 1.72. The maximum atomic E-state index is 12.9. The first-order valence-corrected chi connectivity index (χ1v) is 11.0. The van der Waals surface area contributed by atoms with Crippen LogP contribution in [0.15, 0.2) is 24.7 Å². The Balaban J connectivity index is 1.32. The lowest BCUT2D eigenvalue weighted by atomic mass is 9.93. The van der Waals surface area contributed by atoms with Crippen molar-refractivity contribution in [3.63, 3.8) is 0 Å². The normalized spacial score (nSPS) is 19.2. The van der Waals surface area contributed by atoms with Gasteiger partial charge in [-0.15, -0.1) is 18.3 Å². The van der Waals surface area contributed by atoms with E-state index in [2.05, 4.69) is 35.1 Å². The summed E-state index contributed by atoms with van der Waals surface area (Å²) in [6.45, 7) is 1.11. The summed E-state index contributed by atoms with van der Waals surface area (Å²) in [5.74, 6) is 0.750. The quantitative estimate of drug-likeness (QED) is 0.396. The average molecular weight is 496 g/mol. The summed E-state index contributed by atoms with van der Waals surface area (Å²) in [4.78, 5) is 17.4. The van der Waals surface area contributed by atoms with E-state index in [-0.39, 0.29) is 17.3 Å². The Bertz CT molecular complexity index is 1340. The highest BCUT2D eigenvalue weighted by Crippen LogP contribution is 2.29. The molecule has 0 amide bonds. The van der Waals surface area contributed by atoms with Gasteiger partial charge in [0.2, 0.25) is 5.95 Å². The molecule has 4 aromatic rings. The lowest BCUT2D eigenvalue weighted by Gasteiger charge is -2.29. The molecular formula is C21H21F5N8O. The third kappa shape index (κ3) is 5.01. The van der Waals surface area contributed by atoms with Crippen LogP contribution in [0.2, 0.25) is 0 Å². The number of aromatic nitrogens is 7. The SMILES string of the molecule is Cc1nc2nc(-c3ccn4nc(NC5CCC(OC(F)(F)F)CC5)ncc34)cnc2n1CC(F)F.